The number of carbonyl (C=O) groups is 1. The van der Waals surface area contributed by atoms with Crippen LogP contribution in [0.5, 0.6) is 0 Å². The van der Waals surface area contributed by atoms with E-state index in [0.29, 0.717) is 23.6 Å². The van der Waals surface area contributed by atoms with Crippen molar-refractivity contribution in [3.05, 3.63) is 77.6 Å². The Bertz CT molecular complexity index is 996. The summed E-state index contributed by atoms with van der Waals surface area (Å²) in [5.41, 5.74) is 2.79. The van der Waals surface area contributed by atoms with E-state index in [1.165, 1.54) is 12.1 Å². The molecule has 2 aromatic carbocycles. The van der Waals surface area contributed by atoms with Crippen molar-refractivity contribution < 1.29 is 19.4 Å². The maximum Gasteiger partial charge on any atom is 0.251 e. The van der Waals surface area contributed by atoms with E-state index in [4.69, 9.17) is 5.11 Å². The zero-order valence-corrected chi connectivity index (χ0v) is 17.1. The van der Waals surface area contributed by atoms with Gasteiger partial charge in [0.05, 0.1) is 18.4 Å². The Morgan fingerprint density at radius 1 is 1.06 bits per heavy atom. The Morgan fingerprint density at radius 2 is 1.84 bits per heavy atom. The molecule has 162 valence electrons. The molecular weight excluding hydrogens is 399 g/mol. The van der Waals surface area contributed by atoms with Crippen LogP contribution in [-0.4, -0.2) is 52.1 Å². The first-order valence-electron chi connectivity index (χ1n) is 9.97. The molecule has 2 unspecified atom stereocenters. The molecule has 0 saturated carbocycles. The highest BCUT2D eigenvalue weighted by molar-refractivity contribution is 5.95. The van der Waals surface area contributed by atoms with E-state index < -0.39 is 12.7 Å². The molecule has 1 heterocycles. The summed E-state index contributed by atoms with van der Waals surface area (Å²) in [5.74, 6) is 0.177. The monoisotopic (exact) mass is 424 g/mol. The summed E-state index contributed by atoms with van der Waals surface area (Å²) in [5, 5.41) is 32.4. The predicted molar refractivity (Wildman–Crippen MR) is 116 cm³/mol. The minimum Gasteiger partial charge on any atom is -0.394 e. The Morgan fingerprint density at radius 3 is 2.52 bits per heavy atom. The smallest absolute Gasteiger partial charge is 0.251 e. The number of benzene rings is 2. The van der Waals surface area contributed by atoms with Crippen molar-refractivity contribution in [3.8, 4) is 11.3 Å². The van der Waals surface area contributed by atoms with Gasteiger partial charge in [-0.3, -0.25) is 4.79 Å². The molecule has 3 rings (SSSR count). The van der Waals surface area contributed by atoms with Crippen molar-refractivity contribution in [2.45, 2.75) is 18.9 Å². The van der Waals surface area contributed by atoms with Crippen LogP contribution in [0.1, 0.15) is 28.8 Å². The van der Waals surface area contributed by atoms with Gasteiger partial charge in [0.2, 0.25) is 0 Å². The zero-order valence-electron chi connectivity index (χ0n) is 17.1. The van der Waals surface area contributed by atoms with Gasteiger partial charge in [-0.2, -0.15) is 0 Å². The largest absolute Gasteiger partial charge is 0.394 e. The van der Waals surface area contributed by atoms with Gasteiger partial charge in [-0.1, -0.05) is 31.2 Å². The molecule has 0 spiro atoms. The van der Waals surface area contributed by atoms with Crippen LogP contribution in [0.2, 0.25) is 0 Å². The summed E-state index contributed by atoms with van der Waals surface area (Å²) in [6.45, 7) is 2.21. The first-order valence-corrected chi connectivity index (χ1v) is 9.97. The maximum absolute atomic E-state index is 13.1. The molecule has 1 aromatic heterocycles. The molecule has 0 aliphatic carbocycles. The van der Waals surface area contributed by atoms with Gasteiger partial charge in [0.25, 0.3) is 5.91 Å². The molecule has 0 saturated heterocycles. The number of hydrogen-bond donors (Lipinski definition) is 4. The lowest BCUT2D eigenvalue weighted by Crippen LogP contribution is -2.33. The number of halogens is 1. The average molecular weight is 424 g/mol. The van der Waals surface area contributed by atoms with Crippen molar-refractivity contribution in [3.63, 3.8) is 0 Å². The van der Waals surface area contributed by atoms with E-state index in [1.54, 1.807) is 30.3 Å². The van der Waals surface area contributed by atoms with Crippen LogP contribution in [0.3, 0.4) is 0 Å². The third-order valence-corrected chi connectivity index (χ3v) is 4.82. The number of amides is 1. The first-order chi connectivity index (χ1) is 15.0. The van der Waals surface area contributed by atoms with Crippen molar-refractivity contribution in [2.24, 2.45) is 0 Å². The molecular formula is C23H25FN4O3. The fraction of sp³-hybridized carbons (Fsp3) is 0.261. The van der Waals surface area contributed by atoms with Gasteiger partial charge in [0.1, 0.15) is 11.6 Å². The Hall–Kier alpha value is -3.36. The van der Waals surface area contributed by atoms with Gasteiger partial charge in [-0.25, -0.2) is 4.39 Å². The SMILES string of the molecule is CC(CNc1ccc(-c2cccc(C(=O)NCC(O)CO)c2)nn1)c1ccc(F)cc1. The van der Waals surface area contributed by atoms with Gasteiger partial charge >= 0.3 is 0 Å². The Balaban J connectivity index is 1.60. The number of hydrogen-bond acceptors (Lipinski definition) is 6. The number of rotatable bonds is 9. The van der Waals surface area contributed by atoms with Crippen LogP contribution in [0, 0.1) is 5.82 Å². The number of nitrogens with one attached hydrogen (secondary N) is 2. The minimum atomic E-state index is -0.996. The molecule has 0 bridgehead atoms. The summed E-state index contributed by atoms with van der Waals surface area (Å²) in [4.78, 5) is 12.2. The second kappa shape index (κ2) is 10.6. The third-order valence-electron chi connectivity index (χ3n) is 4.82. The molecule has 0 aliphatic rings. The highest BCUT2D eigenvalue weighted by atomic mass is 19.1. The van der Waals surface area contributed by atoms with E-state index in [1.807, 2.05) is 25.1 Å². The van der Waals surface area contributed by atoms with Gasteiger partial charge in [0, 0.05) is 24.2 Å². The molecule has 3 aromatic rings. The first kappa shape index (κ1) is 22.3. The van der Waals surface area contributed by atoms with Crippen LogP contribution >= 0.6 is 0 Å². The fourth-order valence-corrected chi connectivity index (χ4v) is 2.94. The van der Waals surface area contributed by atoms with E-state index in [0.717, 1.165) is 11.1 Å². The number of aromatic nitrogens is 2. The summed E-state index contributed by atoms with van der Waals surface area (Å²) in [6, 6.07) is 17.0. The topological polar surface area (TPSA) is 107 Å². The standard InChI is InChI=1S/C23H25FN4O3/c1-15(16-5-7-19(24)8-6-16)12-25-22-10-9-21(27-28-22)17-3-2-4-18(11-17)23(31)26-13-20(30)14-29/h2-11,15,20,29-30H,12-14H2,1H3,(H,25,28)(H,26,31). The van der Waals surface area contributed by atoms with Crippen LogP contribution in [0.4, 0.5) is 10.2 Å². The van der Waals surface area contributed by atoms with Crippen molar-refractivity contribution in [1.82, 2.24) is 15.5 Å². The molecule has 0 aliphatic heterocycles. The minimum absolute atomic E-state index is 0.0317. The van der Waals surface area contributed by atoms with Crippen LogP contribution in [-0.2, 0) is 0 Å². The predicted octanol–water partition coefficient (Wildman–Crippen LogP) is 2.58. The van der Waals surface area contributed by atoms with Crippen LogP contribution in [0.15, 0.2) is 60.7 Å². The van der Waals surface area contributed by atoms with E-state index in [-0.39, 0.29) is 24.2 Å². The number of aliphatic hydroxyl groups excluding tert-OH is 2. The van der Waals surface area contributed by atoms with Crippen LogP contribution in [0.25, 0.3) is 11.3 Å². The average Bonchev–Trinajstić information content (AvgIpc) is 2.81. The molecule has 1 amide bonds. The number of carbonyl (C=O) groups excluding carboxylic acids is 1. The highest BCUT2D eigenvalue weighted by Crippen LogP contribution is 2.20. The van der Waals surface area contributed by atoms with Crippen molar-refractivity contribution in [1.29, 1.82) is 0 Å². The van der Waals surface area contributed by atoms with E-state index in [9.17, 15) is 14.3 Å². The summed E-state index contributed by atoms with van der Waals surface area (Å²) in [6.07, 6.45) is -0.996. The van der Waals surface area contributed by atoms with E-state index >= 15 is 0 Å². The van der Waals surface area contributed by atoms with Gasteiger partial charge in [0.15, 0.2) is 0 Å². The lowest BCUT2D eigenvalue weighted by atomic mass is 10.0. The maximum atomic E-state index is 13.1. The third kappa shape index (κ3) is 6.31. The molecule has 8 heteroatoms. The number of anilines is 1. The van der Waals surface area contributed by atoms with Gasteiger partial charge < -0.3 is 20.8 Å². The second-order valence-corrected chi connectivity index (χ2v) is 7.26. The summed E-state index contributed by atoms with van der Waals surface area (Å²) >= 11 is 0. The van der Waals surface area contributed by atoms with Crippen molar-refractivity contribution in [2.75, 3.05) is 25.0 Å². The Kier molecular flexibility index (Phi) is 7.64. The highest BCUT2D eigenvalue weighted by Gasteiger charge is 2.11. The summed E-state index contributed by atoms with van der Waals surface area (Å²) in [7, 11) is 0. The molecule has 0 radical (unpaired) electrons. The van der Waals surface area contributed by atoms with Gasteiger partial charge in [-0.05, 0) is 47.9 Å². The van der Waals surface area contributed by atoms with E-state index in [2.05, 4.69) is 20.8 Å². The Labute approximate surface area is 180 Å². The van der Waals surface area contributed by atoms with Gasteiger partial charge in [-0.15, -0.1) is 10.2 Å². The lowest BCUT2D eigenvalue weighted by molar-refractivity contribution is 0.0802. The zero-order chi connectivity index (χ0) is 22.2. The molecule has 4 N–H and O–H groups in total. The molecule has 2 atom stereocenters. The molecule has 7 nitrogen and oxygen atoms in total. The number of aliphatic hydroxyl groups is 2. The summed E-state index contributed by atoms with van der Waals surface area (Å²) < 4.78 is 13.1. The molecule has 0 fully saturated rings. The fourth-order valence-electron chi connectivity index (χ4n) is 2.94. The molecule has 31 heavy (non-hydrogen) atoms. The normalized spacial score (nSPS) is 12.8. The van der Waals surface area contributed by atoms with Crippen molar-refractivity contribution >= 4 is 11.7 Å². The lowest BCUT2D eigenvalue weighted by Gasteiger charge is -2.13. The quantitative estimate of drug-likeness (QED) is 0.421. The number of nitrogens with zero attached hydrogens (tertiary/aromatic N) is 2. The van der Waals surface area contributed by atoms with Crippen LogP contribution < -0.4 is 10.6 Å². The second-order valence-electron chi connectivity index (χ2n) is 7.26.